The highest BCUT2D eigenvalue weighted by Gasteiger charge is 2.01. The zero-order valence-corrected chi connectivity index (χ0v) is 10.3. The number of aromatic nitrogens is 4. The Morgan fingerprint density at radius 2 is 2.39 bits per heavy atom. The largest absolute Gasteiger partial charge is 0.380 e. The van der Waals surface area contributed by atoms with Crippen LogP contribution in [-0.2, 0) is 4.74 Å². The fraction of sp³-hybridized carbons (Fsp3) is 0.545. The van der Waals surface area contributed by atoms with E-state index >= 15 is 0 Å². The summed E-state index contributed by atoms with van der Waals surface area (Å²) in [6.07, 6.45) is 3.67. The van der Waals surface area contributed by atoms with E-state index in [1.54, 1.807) is 6.07 Å². The van der Waals surface area contributed by atoms with Gasteiger partial charge in [-0.2, -0.15) is 5.10 Å². The molecule has 7 heteroatoms. The van der Waals surface area contributed by atoms with Crippen molar-refractivity contribution in [2.45, 2.75) is 19.8 Å². The maximum Gasteiger partial charge on any atom is 0.348 e. The van der Waals surface area contributed by atoms with Crippen molar-refractivity contribution >= 4 is 11.5 Å². The van der Waals surface area contributed by atoms with E-state index in [2.05, 4.69) is 27.4 Å². The minimum Gasteiger partial charge on any atom is -0.380 e. The molecule has 0 aliphatic heterocycles. The molecule has 0 saturated heterocycles. The van der Waals surface area contributed by atoms with Gasteiger partial charge < -0.3 is 10.1 Å². The first-order valence-corrected chi connectivity index (χ1v) is 6.05. The summed E-state index contributed by atoms with van der Waals surface area (Å²) in [6, 6.07) is 1.71. The van der Waals surface area contributed by atoms with Gasteiger partial charge in [0.15, 0.2) is 5.65 Å². The Hall–Kier alpha value is -1.89. The molecular formula is C11H17N5O2. The lowest BCUT2D eigenvalue weighted by Gasteiger charge is -2.06. The number of anilines is 1. The molecule has 7 nitrogen and oxygen atoms in total. The van der Waals surface area contributed by atoms with Gasteiger partial charge in [-0.25, -0.2) is 19.3 Å². The maximum atomic E-state index is 11.2. The predicted octanol–water partition coefficient (Wildman–Crippen LogP) is 0.646. The predicted molar refractivity (Wildman–Crippen MR) is 67.8 cm³/mol. The monoisotopic (exact) mass is 251 g/mol. The van der Waals surface area contributed by atoms with Gasteiger partial charge >= 0.3 is 5.69 Å². The van der Waals surface area contributed by atoms with Gasteiger partial charge in [0.05, 0.1) is 6.61 Å². The lowest BCUT2D eigenvalue weighted by atomic mass is 10.4. The van der Waals surface area contributed by atoms with E-state index in [1.165, 1.54) is 10.7 Å². The van der Waals surface area contributed by atoms with Gasteiger partial charge in [0, 0.05) is 19.2 Å². The molecule has 0 bridgehead atoms. The number of nitrogens with one attached hydrogen (secondary N) is 2. The first kappa shape index (κ1) is 12.6. The van der Waals surface area contributed by atoms with Crippen molar-refractivity contribution in [2.24, 2.45) is 0 Å². The molecular weight excluding hydrogens is 234 g/mol. The van der Waals surface area contributed by atoms with Crippen molar-refractivity contribution in [1.82, 2.24) is 19.6 Å². The number of nitrogens with zero attached hydrogens (tertiary/aromatic N) is 3. The van der Waals surface area contributed by atoms with Crippen LogP contribution in [0.5, 0.6) is 0 Å². The van der Waals surface area contributed by atoms with Gasteiger partial charge in [0.2, 0.25) is 0 Å². The first-order chi connectivity index (χ1) is 8.81. The average molecular weight is 251 g/mol. The summed E-state index contributed by atoms with van der Waals surface area (Å²) in [7, 11) is 0. The van der Waals surface area contributed by atoms with Gasteiger partial charge in [-0.05, 0) is 6.42 Å². The van der Waals surface area contributed by atoms with Gasteiger partial charge in [-0.1, -0.05) is 13.3 Å². The molecule has 18 heavy (non-hydrogen) atoms. The van der Waals surface area contributed by atoms with Crippen LogP contribution < -0.4 is 11.0 Å². The van der Waals surface area contributed by atoms with Gasteiger partial charge in [0.1, 0.15) is 12.1 Å². The molecule has 98 valence electrons. The molecule has 0 saturated carbocycles. The Morgan fingerprint density at radius 1 is 1.50 bits per heavy atom. The minimum absolute atomic E-state index is 0.285. The van der Waals surface area contributed by atoms with Crippen molar-refractivity contribution in [3.05, 3.63) is 22.9 Å². The number of unbranched alkanes of at least 4 members (excludes halogenated alkanes) is 1. The summed E-state index contributed by atoms with van der Waals surface area (Å²) in [5, 5.41) is 9.34. The van der Waals surface area contributed by atoms with E-state index in [9.17, 15) is 4.79 Å². The van der Waals surface area contributed by atoms with Crippen LogP contribution in [0.4, 0.5) is 5.82 Å². The third-order valence-corrected chi connectivity index (χ3v) is 2.50. The molecule has 2 rings (SSSR count). The number of ether oxygens (including phenoxy) is 1. The second-order valence-electron chi connectivity index (χ2n) is 3.92. The quantitative estimate of drug-likeness (QED) is 0.706. The molecule has 0 spiro atoms. The van der Waals surface area contributed by atoms with Crippen LogP contribution in [0.25, 0.3) is 5.65 Å². The summed E-state index contributed by atoms with van der Waals surface area (Å²) in [6.45, 7) is 4.24. The van der Waals surface area contributed by atoms with Crippen molar-refractivity contribution in [1.29, 1.82) is 0 Å². The zero-order valence-electron chi connectivity index (χ0n) is 10.3. The van der Waals surface area contributed by atoms with Crippen molar-refractivity contribution in [2.75, 3.05) is 25.1 Å². The van der Waals surface area contributed by atoms with Crippen LogP contribution >= 0.6 is 0 Å². The second kappa shape index (κ2) is 6.15. The number of hydrogen-bond acceptors (Lipinski definition) is 5. The molecule has 2 heterocycles. The second-order valence-corrected chi connectivity index (χ2v) is 3.92. The van der Waals surface area contributed by atoms with Crippen LogP contribution in [0, 0.1) is 0 Å². The molecule has 0 atom stereocenters. The van der Waals surface area contributed by atoms with Crippen LogP contribution in [0.2, 0.25) is 0 Å². The van der Waals surface area contributed by atoms with Crippen LogP contribution in [0.15, 0.2) is 17.2 Å². The summed E-state index contributed by atoms with van der Waals surface area (Å²) in [5.41, 5.74) is 0.261. The smallest absolute Gasteiger partial charge is 0.348 e. The highest BCUT2D eigenvalue weighted by Crippen LogP contribution is 2.03. The molecule has 0 aromatic carbocycles. The molecule has 0 amide bonds. The molecule has 0 aliphatic carbocycles. The Bertz CT molecular complexity index is 548. The third kappa shape index (κ3) is 3.07. The number of H-pyrrole nitrogens is 1. The number of rotatable bonds is 7. The van der Waals surface area contributed by atoms with Crippen LogP contribution in [0.1, 0.15) is 19.8 Å². The molecule has 2 N–H and O–H groups in total. The molecule has 2 aromatic rings. The number of fused-ring (bicyclic) bond motifs is 1. The highest BCUT2D eigenvalue weighted by molar-refractivity contribution is 5.48. The van der Waals surface area contributed by atoms with E-state index in [0.717, 1.165) is 19.4 Å². The SMILES string of the molecule is CCCCOCCNc1cc2n[nH]c(=O)n2cn1. The standard InChI is InChI=1S/C11H17N5O2/c1-2-3-5-18-6-4-12-9-7-10-14-15-11(17)16(10)8-13-9/h7-8,12H,2-6H2,1H3,(H,15,17). The summed E-state index contributed by atoms with van der Waals surface area (Å²) in [4.78, 5) is 15.3. The maximum absolute atomic E-state index is 11.2. The summed E-state index contributed by atoms with van der Waals surface area (Å²) in [5.74, 6) is 0.681. The van der Waals surface area contributed by atoms with Gasteiger partial charge in [-0.3, -0.25) is 0 Å². The fourth-order valence-electron chi connectivity index (χ4n) is 1.51. The minimum atomic E-state index is -0.285. The Kier molecular flexibility index (Phi) is 4.30. The third-order valence-electron chi connectivity index (χ3n) is 2.50. The Balaban J connectivity index is 1.83. The van der Waals surface area contributed by atoms with Crippen LogP contribution in [0.3, 0.4) is 0 Å². The summed E-state index contributed by atoms with van der Waals surface area (Å²) < 4.78 is 6.77. The fourth-order valence-corrected chi connectivity index (χ4v) is 1.51. The Labute approximate surface area is 104 Å². The Morgan fingerprint density at radius 3 is 3.22 bits per heavy atom. The molecule has 2 aromatic heterocycles. The summed E-state index contributed by atoms with van der Waals surface area (Å²) >= 11 is 0. The van der Waals surface area contributed by atoms with E-state index in [-0.39, 0.29) is 5.69 Å². The van der Waals surface area contributed by atoms with Gasteiger partial charge in [0.25, 0.3) is 0 Å². The molecule has 0 radical (unpaired) electrons. The van der Waals surface area contributed by atoms with E-state index in [0.29, 0.717) is 24.6 Å². The van der Waals surface area contributed by atoms with Crippen molar-refractivity contribution in [3.8, 4) is 0 Å². The lowest BCUT2D eigenvalue weighted by molar-refractivity contribution is 0.141. The zero-order chi connectivity index (χ0) is 12.8. The molecule has 0 unspecified atom stereocenters. The topological polar surface area (TPSA) is 84.3 Å². The van der Waals surface area contributed by atoms with Gasteiger partial charge in [-0.15, -0.1) is 0 Å². The van der Waals surface area contributed by atoms with Crippen molar-refractivity contribution < 1.29 is 4.74 Å². The number of aromatic amines is 1. The highest BCUT2D eigenvalue weighted by atomic mass is 16.5. The van der Waals surface area contributed by atoms with E-state index < -0.39 is 0 Å². The van der Waals surface area contributed by atoms with Crippen molar-refractivity contribution in [3.63, 3.8) is 0 Å². The molecule has 0 fully saturated rings. The first-order valence-electron chi connectivity index (χ1n) is 6.05. The van der Waals surface area contributed by atoms with E-state index in [4.69, 9.17) is 4.74 Å². The lowest BCUT2D eigenvalue weighted by Crippen LogP contribution is -2.13. The van der Waals surface area contributed by atoms with Crippen LogP contribution in [-0.4, -0.2) is 39.3 Å². The average Bonchev–Trinajstić information content (AvgIpc) is 2.75. The number of hydrogen-bond donors (Lipinski definition) is 2. The molecule has 0 aliphatic rings. The normalized spacial score (nSPS) is 10.9. The van der Waals surface area contributed by atoms with E-state index in [1.807, 2.05) is 0 Å².